The Bertz CT molecular complexity index is 313. The molecule has 0 spiro atoms. The van der Waals surface area contributed by atoms with Gasteiger partial charge in [-0.2, -0.15) is 0 Å². The van der Waals surface area contributed by atoms with Gasteiger partial charge in [-0.05, 0) is 47.5 Å². The van der Waals surface area contributed by atoms with Crippen molar-refractivity contribution in [2.75, 3.05) is 0 Å². The van der Waals surface area contributed by atoms with E-state index < -0.39 is 0 Å². The van der Waals surface area contributed by atoms with Crippen LogP contribution in [-0.4, -0.2) is 18.3 Å². The molecule has 17 heavy (non-hydrogen) atoms. The maximum atomic E-state index is 5.90. The van der Waals surface area contributed by atoms with E-state index in [0.29, 0.717) is 5.92 Å². The van der Waals surface area contributed by atoms with Gasteiger partial charge in [-0.25, -0.2) is 0 Å². The van der Waals surface area contributed by atoms with Gasteiger partial charge in [-0.3, -0.25) is 0 Å². The van der Waals surface area contributed by atoms with E-state index in [2.05, 4.69) is 60.6 Å². The van der Waals surface area contributed by atoms with Crippen LogP contribution in [0.1, 0.15) is 48.5 Å². The first-order valence-electron chi connectivity index (χ1n) is 6.36. The molecule has 1 rings (SSSR count). The van der Waals surface area contributed by atoms with E-state index in [1.807, 2.05) is 5.98 Å². The van der Waals surface area contributed by atoms with Crippen molar-refractivity contribution in [3.8, 4) is 0 Å². The molecule has 1 saturated heterocycles. The molecule has 0 N–H and O–H groups in total. The van der Waals surface area contributed by atoms with E-state index in [1.54, 1.807) is 0 Å². The first-order valence-corrected chi connectivity index (χ1v) is 6.36. The molecule has 0 aromatic heterocycles. The molecule has 0 radical (unpaired) electrons. The van der Waals surface area contributed by atoms with Gasteiger partial charge in [-0.15, -0.1) is 0 Å². The fraction of sp³-hybridized carbons (Fsp3) is 0.714. The first-order chi connectivity index (χ1) is 7.69. The summed E-state index contributed by atoms with van der Waals surface area (Å²) in [5.74, 6) is 2.45. The highest BCUT2D eigenvalue weighted by atomic mass is 16.7. The lowest BCUT2D eigenvalue weighted by Crippen LogP contribution is -2.41. The van der Waals surface area contributed by atoms with Crippen LogP contribution in [0.15, 0.2) is 23.7 Å². The van der Waals surface area contributed by atoms with Gasteiger partial charge in [0.25, 0.3) is 0 Å². The zero-order chi connectivity index (χ0) is 13.3. The van der Waals surface area contributed by atoms with Gasteiger partial charge >= 0.3 is 7.12 Å². The van der Waals surface area contributed by atoms with Crippen molar-refractivity contribution in [1.29, 1.82) is 0 Å². The van der Waals surface area contributed by atoms with Crippen molar-refractivity contribution < 1.29 is 9.31 Å². The molecule has 0 saturated carbocycles. The normalized spacial score (nSPS) is 25.6. The molecule has 1 aliphatic heterocycles. The van der Waals surface area contributed by atoms with Crippen molar-refractivity contribution in [2.45, 2.75) is 59.7 Å². The van der Waals surface area contributed by atoms with Gasteiger partial charge in [-0.1, -0.05) is 30.6 Å². The summed E-state index contributed by atoms with van der Waals surface area (Å²) >= 11 is 0. The second-order valence-corrected chi connectivity index (χ2v) is 5.83. The Morgan fingerprint density at radius 2 is 1.59 bits per heavy atom. The SMILES string of the molecule is C/C=C(/C)C(C)/C=C/B1OC(C)(C)C(C)(C)O1. The smallest absolute Gasteiger partial charge is 0.400 e. The molecule has 1 fully saturated rings. The van der Waals surface area contributed by atoms with Gasteiger partial charge in [0.1, 0.15) is 0 Å². The Kier molecular flexibility index (Phi) is 4.26. The molecule has 1 aliphatic rings. The van der Waals surface area contributed by atoms with Crippen molar-refractivity contribution in [2.24, 2.45) is 5.92 Å². The first kappa shape index (κ1) is 14.5. The predicted molar refractivity (Wildman–Crippen MR) is 73.8 cm³/mol. The van der Waals surface area contributed by atoms with E-state index in [-0.39, 0.29) is 18.3 Å². The van der Waals surface area contributed by atoms with Crippen LogP contribution in [0, 0.1) is 5.92 Å². The lowest BCUT2D eigenvalue weighted by Gasteiger charge is -2.32. The summed E-state index contributed by atoms with van der Waals surface area (Å²) in [6.45, 7) is 14.7. The maximum absolute atomic E-state index is 5.90. The van der Waals surface area contributed by atoms with Gasteiger partial charge < -0.3 is 9.31 Å². The summed E-state index contributed by atoms with van der Waals surface area (Å²) in [5.41, 5.74) is 0.861. The molecule has 3 heteroatoms. The molecule has 1 heterocycles. The van der Waals surface area contributed by atoms with Crippen LogP contribution in [-0.2, 0) is 9.31 Å². The van der Waals surface area contributed by atoms with Crippen LogP contribution < -0.4 is 0 Å². The quantitative estimate of drug-likeness (QED) is 0.548. The Labute approximate surface area is 106 Å². The van der Waals surface area contributed by atoms with E-state index in [9.17, 15) is 0 Å². The van der Waals surface area contributed by atoms with Gasteiger partial charge in [0.2, 0.25) is 0 Å². The van der Waals surface area contributed by atoms with Crippen LogP contribution in [0.2, 0.25) is 0 Å². The van der Waals surface area contributed by atoms with Crippen molar-refractivity contribution in [1.82, 2.24) is 0 Å². The molecule has 1 unspecified atom stereocenters. The third-order valence-corrected chi connectivity index (χ3v) is 4.00. The predicted octanol–water partition coefficient (Wildman–Crippen LogP) is 3.78. The van der Waals surface area contributed by atoms with Gasteiger partial charge in [0.05, 0.1) is 11.2 Å². The molecule has 0 amide bonds. The fourth-order valence-corrected chi connectivity index (χ4v) is 1.64. The van der Waals surface area contributed by atoms with Crippen LogP contribution in [0.25, 0.3) is 0 Å². The number of hydrogen-bond acceptors (Lipinski definition) is 2. The molecule has 0 aliphatic carbocycles. The van der Waals surface area contributed by atoms with E-state index in [4.69, 9.17) is 9.31 Å². The molecule has 0 aromatic rings. The summed E-state index contributed by atoms with van der Waals surface area (Å²) in [5, 5.41) is 0. The highest BCUT2D eigenvalue weighted by Gasteiger charge is 2.49. The highest BCUT2D eigenvalue weighted by Crippen LogP contribution is 2.37. The topological polar surface area (TPSA) is 18.5 Å². The second-order valence-electron chi connectivity index (χ2n) is 5.83. The molecule has 2 nitrogen and oxygen atoms in total. The Morgan fingerprint density at radius 3 is 2.00 bits per heavy atom. The fourth-order valence-electron chi connectivity index (χ4n) is 1.64. The zero-order valence-corrected chi connectivity index (χ0v) is 12.2. The summed E-state index contributed by atoms with van der Waals surface area (Å²) in [4.78, 5) is 0. The number of rotatable bonds is 3. The molecule has 1 atom stereocenters. The minimum Gasteiger partial charge on any atom is -0.400 e. The monoisotopic (exact) mass is 236 g/mol. The van der Waals surface area contributed by atoms with Crippen molar-refractivity contribution >= 4 is 7.12 Å². The van der Waals surface area contributed by atoms with Crippen LogP contribution in [0.5, 0.6) is 0 Å². The summed E-state index contributed by atoms with van der Waals surface area (Å²) in [6, 6.07) is 0. The maximum Gasteiger partial charge on any atom is 0.486 e. The van der Waals surface area contributed by atoms with Gasteiger partial charge in [0, 0.05) is 0 Å². The minimum atomic E-state index is -0.249. The van der Waals surface area contributed by atoms with Crippen molar-refractivity contribution in [3.05, 3.63) is 23.7 Å². The summed E-state index contributed by atoms with van der Waals surface area (Å²) < 4.78 is 11.8. The second kappa shape index (κ2) is 4.99. The van der Waals surface area contributed by atoms with Gasteiger partial charge in [0.15, 0.2) is 0 Å². The summed E-state index contributed by atoms with van der Waals surface area (Å²) in [7, 11) is -0.230. The summed E-state index contributed by atoms with van der Waals surface area (Å²) in [6.07, 6.45) is 4.29. The zero-order valence-electron chi connectivity index (χ0n) is 12.2. The van der Waals surface area contributed by atoms with E-state index >= 15 is 0 Å². The number of allylic oxidation sites excluding steroid dienone is 3. The molecular weight excluding hydrogens is 211 g/mol. The highest BCUT2D eigenvalue weighted by molar-refractivity contribution is 6.51. The van der Waals surface area contributed by atoms with Crippen LogP contribution >= 0.6 is 0 Å². The van der Waals surface area contributed by atoms with Crippen molar-refractivity contribution in [3.63, 3.8) is 0 Å². The van der Waals surface area contributed by atoms with Crippen LogP contribution in [0.3, 0.4) is 0 Å². The Morgan fingerprint density at radius 1 is 1.12 bits per heavy atom. The number of hydrogen-bond donors (Lipinski definition) is 0. The minimum absolute atomic E-state index is 0.230. The lowest BCUT2D eigenvalue weighted by molar-refractivity contribution is 0.00578. The standard InChI is InChI=1S/C14H25BO2/c1-8-11(2)12(3)9-10-15-16-13(4,5)14(6,7)17-15/h8-10,12H,1-7H3/b10-9+,11-8-. The largest absolute Gasteiger partial charge is 0.486 e. The molecule has 96 valence electrons. The average Bonchev–Trinajstić information content (AvgIpc) is 2.43. The van der Waals surface area contributed by atoms with E-state index in [0.717, 1.165) is 0 Å². The third kappa shape index (κ3) is 3.23. The molecule has 0 bridgehead atoms. The average molecular weight is 236 g/mol. The Balaban J connectivity index is 2.65. The third-order valence-electron chi connectivity index (χ3n) is 4.00. The van der Waals surface area contributed by atoms with E-state index in [1.165, 1.54) is 5.57 Å². The molecular formula is C14H25BO2. The molecule has 0 aromatic carbocycles. The van der Waals surface area contributed by atoms with Crippen LogP contribution in [0.4, 0.5) is 0 Å². The Hall–Kier alpha value is -0.535. The lowest BCUT2D eigenvalue weighted by atomic mass is 9.87.